The fraction of sp³-hybridized carbons (Fsp3) is 0.412. The highest BCUT2D eigenvalue weighted by atomic mass is 19.4. The maximum atomic E-state index is 12.1. The monoisotopic (exact) mass is 417 g/mol. The van der Waals surface area contributed by atoms with Crippen LogP contribution in [0.25, 0.3) is 0 Å². The van der Waals surface area contributed by atoms with Gasteiger partial charge in [0.25, 0.3) is 11.8 Å². The number of benzene rings is 1. The van der Waals surface area contributed by atoms with Gasteiger partial charge in [-0.1, -0.05) is 0 Å². The summed E-state index contributed by atoms with van der Waals surface area (Å²) in [5, 5.41) is 4.74. The van der Waals surface area contributed by atoms with Gasteiger partial charge in [-0.05, 0) is 45.0 Å². The number of esters is 1. The molecule has 1 saturated heterocycles. The molecule has 29 heavy (non-hydrogen) atoms. The van der Waals surface area contributed by atoms with Crippen molar-refractivity contribution in [2.24, 2.45) is 0 Å². The van der Waals surface area contributed by atoms with Crippen molar-refractivity contribution in [2.75, 3.05) is 11.9 Å². The largest absolute Gasteiger partial charge is 0.573 e. The number of carbonyl (C=O) groups is 4. The van der Waals surface area contributed by atoms with Crippen LogP contribution in [0.5, 0.6) is 5.75 Å². The van der Waals surface area contributed by atoms with Gasteiger partial charge in [0.15, 0.2) is 6.10 Å². The second-order valence-electron chi connectivity index (χ2n) is 6.64. The van der Waals surface area contributed by atoms with E-state index in [2.05, 4.69) is 15.4 Å². The average Bonchev–Trinajstić information content (AvgIpc) is 2.77. The third-order valence-electron chi connectivity index (χ3n) is 3.76. The van der Waals surface area contributed by atoms with Crippen molar-refractivity contribution in [2.45, 2.75) is 38.8 Å². The third kappa shape index (κ3) is 5.83. The molecule has 2 rings (SSSR count). The van der Waals surface area contributed by atoms with E-state index in [4.69, 9.17) is 4.74 Å². The first kappa shape index (κ1) is 22.0. The van der Waals surface area contributed by atoms with Gasteiger partial charge in [0.05, 0.1) is 0 Å². The molecule has 1 aromatic rings. The van der Waals surface area contributed by atoms with Crippen LogP contribution >= 0.6 is 0 Å². The van der Waals surface area contributed by atoms with E-state index < -0.39 is 54.1 Å². The molecule has 1 aliphatic rings. The van der Waals surface area contributed by atoms with Gasteiger partial charge in [-0.15, -0.1) is 13.2 Å². The number of anilines is 1. The molecule has 0 aromatic heterocycles. The lowest BCUT2D eigenvalue weighted by atomic mass is 10.1. The Morgan fingerprint density at radius 3 is 2.28 bits per heavy atom. The Labute approximate surface area is 163 Å². The summed E-state index contributed by atoms with van der Waals surface area (Å²) in [6.45, 7) is 3.53. The van der Waals surface area contributed by atoms with Crippen LogP contribution in [0.15, 0.2) is 24.3 Å². The predicted octanol–water partition coefficient (Wildman–Crippen LogP) is 1.79. The van der Waals surface area contributed by atoms with Gasteiger partial charge in [-0.3, -0.25) is 19.3 Å². The lowest BCUT2D eigenvalue weighted by Crippen LogP contribution is -2.42. The molecule has 1 atom stereocenters. The van der Waals surface area contributed by atoms with Crippen LogP contribution in [0.4, 0.5) is 23.7 Å². The molecule has 158 valence electrons. The lowest BCUT2D eigenvalue weighted by molar-refractivity contribution is -0.274. The van der Waals surface area contributed by atoms with E-state index >= 15 is 0 Å². The number of hydrogen-bond acceptors (Lipinski definition) is 6. The molecule has 1 aromatic carbocycles. The maximum absolute atomic E-state index is 12.1. The Morgan fingerprint density at radius 2 is 1.79 bits per heavy atom. The fourth-order valence-corrected chi connectivity index (χ4v) is 2.36. The van der Waals surface area contributed by atoms with Crippen molar-refractivity contribution in [1.82, 2.24) is 10.2 Å². The number of alkyl halides is 3. The molecule has 0 aliphatic carbocycles. The molecule has 1 fully saturated rings. The second kappa shape index (κ2) is 7.97. The number of halogens is 3. The van der Waals surface area contributed by atoms with E-state index in [0.29, 0.717) is 4.90 Å². The third-order valence-corrected chi connectivity index (χ3v) is 3.76. The summed E-state index contributed by atoms with van der Waals surface area (Å²) in [6, 6.07) is 3.58. The standard InChI is InChI=1S/C17H18F3N3O6/c1-9(28-12(24)8-23-14(26)16(2,3)22-15(23)27)13(25)21-10-4-6-11(7-5-10)29-17(18,19)20/h4-7,9H,8H2,1-3H3,(H,21,25)(H,22,27). The van der Waals surface area contributed by atoms with Crippen molar-refractivity contribution in [3.05, 3.63) is 24.3 Å². The summed E-state index contributed by atoms with van der Waals surface area (Å²) in [5.74, 6) is -2.83. The van der Waals surface area contributed by atoms with E-state index in [0.717, 1.165) is 12.1 Å². The van der Waals surface area contributed by atoms with Crippen molar-refractivity contribution in [3.63, 3.8) is 0 Å². The van der Waals surface area contributed by atoms with Gasteiger partial charge in [0, 0.05) is 5.69 Å². The Balaban J connectivity index is 1.88. The zero-order chi connectivity index (χ0) is 22.0. The molecule has 0 spiro atoms. The Bertz CT molecular complexity index is 823. The van der Waals surface area contributed by atoms with E-state index in [-0.39, 0.29) is 5.69 Å². The van der Waals surface area contributed by atoms with E-state index in [1.54, 1.807) is 0 Å². The van der Waals surface area contributed by atoms with E-state index in [1.165, 1.54) is 32.9 Å². The minimum atomic E-state index is -4.84. The summed E-state index contributed by atoms with van der Waals surface area (Å²) in [7, 11) is 0. The van der Waals surface area contributed by atoms with Crippen LogP contribution in [0.3, 0.4) is 0 Å². The highest BCUT2D eigenvalue weighted by Gasteiger charge is 2.45. The second-order valence-corrected chi connectivity index (χ2v) is 6.64. The molecule has 0 radical (unpaired) electrons. The molecule has 4 amide bonds. The number of carbonyl (C=O) groups excluding carboxylic acids is 4. The molecule has 2 N–H and O–H groups in total. The van der Waals surface area contributed by atoms with Crippen LogP contribution in [0.2, 0.25) is 0 Å². The summed E-state index contributed by atoms with van der Waals surface area (Å²) < 4.78 is 45.0. The predicted molar refractivity (Wildman–Crippen MR) is 91.6 cm³/mol. The number of amides is 4. The van der Waals surface area contributed by atoms with Crippen molar-refractivity contribution in [1.29, 1.82) is 0 Å². The first-order valence-electron chi connectivity index (χ1n) is 8.29. The van der Waals surface area contributed by atoms with Crippen LogP contribution in [0.1, 0.15) is 20.8 Å². The fourth-order valence-electron chi connectivity index (χ4n) is 2.36. The highest BCUT2D eigenvalue weighted by Crippen LogP contribution is 2.24. The van der Waals surface area contributed by atoms with Crippen molar-refractivity contribution >= 4 is 29.5 Å². The van der Waals surface area contributed by atoms with Gasteiger partial charge in [-0.2, -0.15) is 0 Å². The molecular formula is C17H18F3N3O6. The zero-order valence-corrected chi connectivity index (χ0v) is 15.6. The first-order valence-corrected chi connectivity index (χ1v) is 8.29. The van der Waals surface area contributed by atoms with Gasteiger partial charge < -0.3 is 20.1 Å². The molecule has 1 heterocycles. The summed E-state index contributed by atoms with van der Waals surface area (Å²) in [6.07, 6.45) is -6.13. The smallest absolute Gasteiger partial charge is 0.451 e. The lowest BCUT2D eigenvalue weighted by Gasteiger charge is -2.17. The van der Waals surface area contributed by atoms with E-state index in [1.807, 2.05) is 0 Å². The SMILES string of the molecule is CC(OC(=O)CN1C(=O)NC(C)(C)C1=O)C(=O)Nc1ccc(OC(F)(F)F)cc1. The first-order chi connectivity index (χ1) is 13.3. The van der Waals surface area contributed by atoms with Gasteiger partial charge in [0.2, 0.25) is 0 Å². The molecular weight excluding hydrogens is 399 g/mol. The average molecular weight is 417 g/mol. The molecule has 9 nitrogen and oxygen atoms in total. The molecule has 0 bridgehead atoms. The minimum Gasteiger partial charge on any atom is -0.451 e. The molecule has 0 saturated carbocycles. The summed E-state index contributed by atoms with van der Waals surface area (Å²) >= 11 is 0. The Morgan fingerprint density at radius 1 is 1.21 bits per heavy atom. The van der Waals surface area contributed by atoms with Gasteiger partial charge >= 0.3 is 18.4 Å². The van der Waals surface area contributed by atoms with Gasteiger partial charge in [0.1, 0.15) is 17.8 Å². The number of rotatable bonds is 6. The quantitative estimate of drug-likeness (QED) is 0.539. The van der Waals surface area contributed by atoms with Crippen molar-refractivity contribution in [3.8, 4) is 5.75 Å². The number of nitrogens with zero attached hydrogens (tertiary/aromatic N) is 1. The van der Waals surface area contributed by atoms with Crippen LogP contribution in [0, 0.1) is 0 Å². The highest BCUT2D eigenvalue weighted by molar-refractivity contribution is 6.08. The number of nitrogens with one attached hydrogen (secondary N) is 2. The topological polar surface area (TPSA) is 114 Å². The number of hydrogen-bond donors (Lipinski definition) is 2. The summed E-state index contributed by atoms with van der Waals surface area (Å²) in [4.78, 5) is 48.5. The zero-order valence-electron chi connectivity index (χ0n) is 15.6. The van der Waals surface area contributed by atoms with Gasteiger partial charge in [-0.25, -0.2) is 4.79 Å². The van der Waals surface area contributed by atoms with Crippen LogP contribution in [-0.2, 0) is 19.1 Å². The molecule has 1 unspecified atom stereocenters. The summed E-state index contributed by atoms with van der Waals surface area (Å²) in [5.41, 5.74) is -1.01. The van der Waals surface area contributed by atoms with Crippen LogP contribution < -0.4 is 15.4 Å². The molecule has 12 heteroatoms. The number of urea groups is 1. The Kier molecular flexibility index (Phi) is 6.04. The number of ether oxygens (including phenoxy) is 2. The molecule has 1 aliphatic heterocycles. The Hall–Kier alpha value is -3.31. The maximum Gasteiger partial charge on any atom is 0.573 e. The minimum absolute atomic E-state index is 0.142. The van der Waals surface area contributed by atoms with Crippen molar-refractivity contribution < 1.29 is 41.8 Å². The van der Waals surface area contributed by atoms with E-state index in [9.17, 15) is 32.3 Å². The van der Waals surface area contributed by atoms with Crippen LogP contribution in [-0.4, -0.2) is 53.3 Å². The number of imide groups is 1. The normalized spacial score (nSPS) is 16.8.